The Morgan fingerprint density at radius 2 is 0.517 bits per heavy atom. The molecule has 19 heteroatoms. The molecule has 3 N–H and O–H groups in total. The second kappa shape index (κ2) is 62.2. The number of aliphatic hydroxyl groups is 1. The van der Waals surface area contributed by atoms with Gasteiger partial charge in [-0.1, -0.05) is 305 Å². The summed E-state index contributed by atoms with van der Waals surface area (Å²) in [7, 11) is -9.90. The number of phosphoric ester groups is 2. The van der Waals surface area contributed by atoms with Crippen LogP contribution < -0.4 is 0 Å². The van der Waals surface area contributed by atoms with Crippen molar-refractivity contribution in [2.24, 2.45) is 11.8 Å². The molecule has 0 aromatic heterocycles. The average Bonchev–Trinajstić information content (AvgIpc) is 3.68. The fourth-order valence-corrected chi connectivity index (χ4v) is 12.2. The van der Waals surface area contributed by atoms with Crippen molar-refractivity contribution in [3.63, 3.8) is 0 Å². The van der Waals surface area contributed by atoms with Crippen molar-refractivity contribution in [3.8, 4) is 0 Å². The molecule has 0 amide bonds. The first-order chi connectivity index (χ1) is 42.9. The molecular formula is C70H136O17P2. The Morgan fingerprint density at radius 3 is 0.764 bits per heavy atom. The summed E-state index contributed by atoms with van der Waals surface area (Å²) in [5.41, 5.74) is 0. The quantitative estimate of drug-likeness (QED) is 0.0222. The minimum Gasteiger partial charge on any atom is -0.462 e. The Labute approximate surface area is 543 Å². The van der Waals surface area contributed by atoms with Gasteiger partial charge in [-0.2, -0.15) is 0 Å². The molecule has 0 aromatic carbocycles. The van der Waals surface area contributed by atoms with Crippen LogP contribution in [0.25, 0.3) is 0 Å². The van der Waals surface area contributed by atoms with Crippen molar-refractivity contribution < 1.29 is 80.2 Å². The maximum atomic E-state index is 13.0. The first kappa shape index (κ1) is 87.1. The number of rotatable bonds is 69. The van der Waals surface area contributed by atoms with Gasteiger partial charge in [0.1, 0.15) is 19.3 Å². The summed E-state index contributed by atoms with van der Waals surface area (Å²) in [6.07, 6.45) is 47.1. The fourth-order valence-electron chi connectivity index (χ4n) is 10.6. The molecule has 0 aliphatic carbocycles. The van der Waals surface area contributed by atoms with Crippen LogP contribution in [0.2, 0.25) is 0 Å². The highest BCUT2D eigenvalue weighted by molar-refractivity contribution is 7.47. The van der Waals surface area contributed by atoms with Gasteiger partial charge in [0.2, 0.25) is 0 Å². The van der Waals surface area contributed by atoms with E-state index in [-0.39, 0.29) is 25.7 Å². The number of hydrogen-bond acceptors (Lipinski definition) is 15. The molecule has 528 valence electrons. The van der Waals surface area contributed by atoms with Gasteiger partial charge in [-0.3, -0.25) is 37.3 Å². The van der Waals surface area contributed by atoms with Crippen LogP contribution in [0, 0.1) is 11.8 Å². The van der Waals surface area contributed by atoms with Crippen molar-refractivity contribution in [2.75, 3.05) is 39.6 Å². The number of carbonyl (C=O) groups excluding carboxylic acids is 4. The molecule has 0 heterocycles. The number of unbranched alkanes of at least 4 members (excludes halogenated alkanes) is 39. The smallest absolute Gasteiger partial charge is 0.462 e. The molecule has 89 heavy (non-hydrogen) atoms. The fraction of sp³-hybridized carbons (Fsp3) is 0.943. The highest BCUT2D eigenvalue weighted by Crippen LogP contribution is 2.45. The van der Waals surface area contributed by atoms with Crippen LogP contribution in [0.4, 0.5) is 0 Å². The zero-order valence-corrected chi connectivity index (χ0v) is 59.5. The third kappa shape index (κ3) is 64.6. The lowest BCUT2D eigenvalue weighted by Crippen LogP contribution is -2.30. The lowest BCUT2D eigenvalue weighted by atomic mass is 10.0. The van der Waals surface area contributed by atoms with Gasteiger partial charge in [-0.05, 0) is 37.5 Å². The molecule has 0 rings (SSSR count). The predicted molar refractivity (Wildman–Crippen MR) is 358 cm³/mol. The van der Waals surface area contributed by atoms with E-state index in [4.69, 9.17) is 37.0 Å². The summed E-state index contributed by atoms with van der Waals surface area (Å²) in [6, 6.07) is 0. The van der Waals surface area contributed by atoms with E-state index in [1.807, 2.05) is 0 Å². The topological polar surface area (TPSA) is 237 Å². The monoisotopic (exact) mass is 1310 g/mol. The molecule has 5 atom stereocenters. The van der Waals surface area contributed by atoms with Crippen LogP contribution >= 0.6 is 15.6 Å². The Kier molecular flexibility index (Phi) is 60.8. The Morgan fingerprint density at radius 1 is 0.303 bits per heavy atom. The highest BCUT2D eigenvalue weighted by atomic mass is 31.2. The maximum absolute atomic E-state index is 13.0. The number of aliphatic hydroxyl groups excluding tert-OH is 1. The van der Waals surface area contributed by atoms with Crippen LogP contribution in [0.15, 0.2) is 0 Å². The van der Waals surface area contributed by atoms with E-state index in [1.165, 1.54) is 173 Å². The average molecular weight is 1310 g/mol. The molecule has 0 aromatic rings. The molecule has 2 unspecified atom stereocenters. The third-order valence-corrected chi connectivity index (χ3v) is 18.1. The minimum atomic E-state index is -4.95. The van der Waals surface area contributed by atoms with E-state index in [0.717, 1.165) is 102 Å². The van der Waals surface area contributed by atoms with E-state index in [0.29, 0.717) is 25.7 Å². The van der Waals surface area contributed by atoms with E-state index < -0.39 is 97.5 Å². The van der Waals surface area contributed by atoms with E-state index >= 15 is 0 Å². The van der Waals surface area contributed by atoms with Crippen LogP contribution in [0.1, 0.15) is 356 Å². The number of esters is 4. The molecule has 17 nitrogen and oxygen atoms in total. The second-order valence-electron chi connectivity index (χ2n) is 26.2. The Hall–Kier alpha value is -1.94. The summed E-state index contributed by atoms with van der Waals surface area (Å²) >= 11 is 0. The summed E-state index contributed by atoms with van der Waals surface area (Å²) < 4.78 is 68.3. The first-order valence-corrected chi connectivity index (χ1v) is 39.5. The zero-order chi connectivity index (χ0) is 65.7. The van der Waals surface area contributed by atoms with Gasteiger partial charge in [-0.15, -0.1) is 0 Å². The number of hydrogen-bond donors (Lipinski definition) is 3. The van der Waals surface area contributed by atoms with Crippen LogP contribution in [-0.2, 0) is 65.4 Å². The maximum Gasteiger partial charge on any atom is 0.472 e. The van der Waals surface area contributed by atoms with Gasteiger partial charge in [-0.25, -0.2) is 9.13 Å². The van der Waals surface area contributed by atoms with Crippen molar-refractivity contribution >= 4 is 39.5 Å². The van der Waals surface area contributed by atoms with Crippen LogP contribution in [-0.4, -0.2) is 96.7 Å². The SMILES string of the molecule is CCCCCCCCCCCCCCC(=O)O[C@H](COC(=O)CCCCCCCCCCC)COP(=O)(O)OC[C@H](O)COP(=O)(O)OC[C@@H](COC(=O)CCCCCCCCCCCC(C)C)OC(=O)CCCCCCCCCCCCCCCC(C)C. The van der Waals surface area contributed by atoms with Gasteiger partial charge >= 0.3 is 39.5 Å². The van der Waals surface area contributed by atoms with E-state index in [9.17, 15) is 43.2 Å². The molecular weight excluding hydrogens is 1170 g/mol. The summed E-state index contributed by atoms with van der Waals surface area (Å²) in [6.45, 7) is 9.53. The molecule has 0 aliphatic rings. The molecule has 0 saturated carbocycles. The van der Waals surface area contributed by atoms with Crippen molar-refractivity contribution in [2.45, 2.75) is 374 Å². The summed E-state index contributed by atoms with van der Waals surface area (Å²) in [4.78, 5) is 72.5. The highest BCUT2D eigenvalue weighted by Gasteiger charge is 2.30. The van der Waals surface area contributed by atoms with Gasteiger partial charge < -0.3 is 33.8 Å². The van der Waals surface area contributed by atoms with Crippen molar-refractivity contribution in [1.29, 1.82) is 0 Å². The lowest BCUT2D eigenvalue weighted by Gasteiger charge is -2.21. The van der Waals surface area contributed by atoms with E-state index in [1.54, 1.807) is 0 Å². The summed E-state index contributed by atoms with van der Waals surface area (Å²) in [5.74, 6) is -0.594. The van der Waals surface area contributed by atoms with Gasteiger partial charge in [0.05, 0.1) is 26.4 Å². The zero-order valence-electron chi connectivity index (χ0n) is 57.7. The van der Waals surface area contributed by atoms with E-state index in [2.05, 4.69) is 41.5 Å². The lowest BCUT2D eigenvalue weighted by molar-refractivity contribution is -0.161. The molecule has 0 saturated heterocycles. The number of carbonyl (C=O) groups is 4. The first-order valence-electron chi connectivity index (χ1n) is 36.5. The van der Waals surface area contributed by atoms with Gasteiger partial charge in [0.15, 0.2) is 12.2 Å². The molecule has 0 fully saturated rings. The third-order valence-electron chi connectivity index (χ3n) is 16.2. The second-order valence-corrected chi connectivity index (χ2v) is 29.1. The van der Waals surface area contributed by atoms with Gasteiger partial charge in [0.25, 0.3) is 0 Å². The van der Waals surface area contributed by atoms with Crippen LogP contribution in [0.5, 0.6) is 0 Å². The molecule has 0 bridgehead atoms. The molecule has 0 radical (unpaired) electrons. The predicted octanol–water partition coefficient (Wildman–Crippen LogP) is 20.0. The molecule has 0 spiro atoms. The minimum absolute atomic E-state index is 0.107. The van der Waals surface area contributed by atoms with Crippen molar-refractivity contribution in [3.05, 3.63) is 0 Å². The normalized spacial score (nSPS) is 14.1. The Balaban J connectivity index is 5.23. The van der Waals surface area contributed by atoms with Gasteiger partial charge in [0, 0.05) is 25.7 Å². The summed E-state index contributed by atoms with van der Waals surface area (Å²) in [5, 5.41) is 10.6. The van der Waals surface area contributed by atoms with Crippen molar-refractivity contribution in [1.82, 2.24) is 0 Å². The molecule has 0 aliphatic heterocycles. The number of ether oxygens (including phenoxy) is 4. The van der Waals surface area contributed by atoms with Crippen LogP contribution in [0.3, 0.4) is 0 Å². The standard InChI is InChI=1S/C70H136O17P2/c1-7-9-11-13-15-17-18-23-29-36-42-48-54-69(74)86-65(58-80-67(72)52-46-40-34-26-16-14-12-10-8-2)60-84-88(76,77)82-56-64(71)57-83-89(78,79)85-61-66(59-81-68(73)53-47-41-35-31-25-28-33-39-45-51-63(5)6)87-70(75)55-49-43-37-30-24-21-19-20-22-27-32-38-44-50-62(3)4/h62-66,71H,7-61H2,1-6H3,(H,76,77)(H,78,79)/t64-,65+,66+/m0/s1. The largest absolute Gasteiger partial charge is 0.472 e. The Bertz CT molecular complexity index is 1730. The number of phosphoric acid groups is 2.